The average molecular weight is 513 g/mol. The molecule has 6 heteroatoms. The van der Waals surface area contributed by atoms with E-state index in [1.54, 1.807) is 21.3 Å². The van der Waals surface area contributed by atoms with E-state index in [-0.39, 0.29) is 12.4 Å². The molecule has 0 bridgehead atoms. The van der Waals surface area contributed by atoms with Gasteiger partial charge in [0, 0.05) is 48.0 Å². The van der Waals surface area contributed by atoms with E-state index in [1.807, 2.05) is 0 Å². The van der Waals surface area contributed by atoms with E-state index in [0.29, 0.717) is 0 Å². The van der Waals surface area contributed by atoms with Crippen molar-refractivity contribution in [1.82, 2.24) is 0 Å². The molecule has 0 aliphatic carbocycles. The molecule has 3 nitrogen and oxygen atoms in total. The highest BCUT2D eigenvalue weighted by Crippen LogP contribution is 2.52. The number of rotatable bonds is 24. The Morgan fingerprint density at radius 2 is 0.812 bits per heavy atom. The highest BCUT2D eigenvalue weighted by Gasteiger charge is 2.38. The van der Waals surface area contributed by atoms with Crippen LogP contribution in [0, 0.1) is 0 Å². The van der Waals surface area contributed by atoms with Crippen LogP contribution < -0.4 is 12.4 Å². The Balaban J connectivity index is 0. The highest BCUT2D eigenvalue weighted by atomic mass is 35.5. The summed E-state index contributed by atoms with van der Waals surface area (Å²) in [7, 11) is 1.99. The molecule has 0 aromatic rings. The van der Waals surface area contributed by atoms with E-state index >= 15 is 0 Å². The van der Waals surface area contributed by atoms with Gasteiger partial charge < -0.3 is 25.7 Å². The zero-order valence-electron chi connectivity index (χ0n) is 22.7. The molecule has 0 saturated heterocycles. The first-order chi connectivity index (χ1) is 14.9. The van der Waals surface area contributed by atoms with Crippen molar-refractivity contribution in [2.75, 3.05) is 47.0 Å². The molecule has 0 fully saturated rings. The van der Waals surface area contributed by atoms with E-state index in [9.17, 15) is 0 Å². The van der Waals surface area contributed by atoms with E-state index < -0.39 is 16.1 Å². The van der Waals surface area contributed by atoms with Crippen LogP contribution in [-0.4, -0.2) is 55.8 Å². The topological polar surface area (TPSA) is 27.7 Å². The molecule has 0 aliphatic heterocycles. The van der Waals surface area contributed by atoms with Crippen molar-refractivity contribution >= 4 is 16.1 Å². The summed E-state index contributed by atoms with van der Waals surface area (Å²) in [5.41, 5.74) is 0. The molecule has 32 heavy (non-hydrogen) atoms. The van der Waals surface area contributed by atoms with Gasteiger partial charge in [-0.15, -0.1) is 0 Å². The first kappa shape index (κ1) is 35.0. The summed E-state index contributed by atoms with van der Waals surface area (Å²) in [5.74, 6) is 0. The predicted octanol–water partition coefficient (Wildman–Crippen LogP) is 5.80. The van der Waals surface area contributed by atoms with Gasteiger partial charge in [-0.2, -0.15) is 0 Å². The first-order valence-electron chi connectivity index (χ1n) is 13.4. The molecular formula is C26H58ClO3PSi. The van der Waals surface area contributed by atoms with Gasteiger partial charge in [-0.3, -0.25) is 0 Å². The number of hydrogen-bond donors (Lipinski definition) is 0. The smallest absolute Gasteiger partial charge is 0.500 e. The van der Waals surface area contributed by atoms with Crippen molar-refractivity contribution in [3.63, 3.8) is 0 Å². The third-order valence-corrected chi connectivity index (χ3v) is 12.7. The van der Waals surface area contributed by atoms with Gasteiger partial charge in [0.05, 0.1) is 12.3 Å². The van der Waals surface area contributed by atoms with Crippen LogP contribution in [-0.2, 0) is 13.3 Å². The van der Waals surface area contributed by atoms with Crippen molar-refractivity contribution in [2.24, 2.45) is 0 Å². The zero-order valence-corrected chi connectivity index (χ0v) is 25.3. The fraction of sp³-hybridized carbons (Fsp3) is 1.00. The lowest BCUT2D eigenvalue weighted by molar-refractivity contribution is -0.0000116. The predicted molar refractivity (Wildman–Crippen MR) is 144 cm³/mol. The second-order valence-corrected chi connectivity index (χ2v) is 17.9. The molecule has 0 aromatic carbocycles. The summed E-state index contributed by atoms with van der Waals surface area (Å²) in [6.45, 7) is 7.34. The minimum absolute atomic E-state index is 0. The third kappa shape index (κ3) is 20.2. The molecule has 0 heterocycles. The number of halogens is 1. The Hall–Kier alpha value is 0.817. The van der Waals surface area contributed by atoms with Gasteiger partial charge >= 0.3 is 8.80 Å². The van der Waals surface area contributed by atoms with E-state index in [4.69, 9.17) is 13.3 Å². The third-order valence-electron chi connectivity index (χ3n) is 6.80. The van der Waals surface area contributed by atoms with Crippen molar-refractivity contribution in [2.45, 2.75) is 122 Å². The summed E-state index contributed by atoms with van der Waals surface area (Å²) in [4.78, 5) is 0. The SMILES string of the molecule is CCCCCCCCCCCCCCCCCC[P+](C)(C)CCC[Si](OC)(OC)OC.[Cl-]. The van der Waals surface area contributed by atoms with E-state index in [0.717, 1.165) is 6.04 Å². The van der Waals surface area contributed by atoms with Crippen LogP contribution in [0.25, 0.3) is 0 Å². The number of unbranched alkanes of at least 4 members (excludes halogenated alkanes) is 15. The van der Waals surface area contributed by atoms with Crippen LogP contribution in [0.1, 0.15) is 116 Å². The van der Waals surface area contributed by atoms with Gasteiger partial charge in [-0.1, -0.05) is 96.8 Å². The van der Waals surface area contributed by atoms with Gasteiger partial charge in [0.2, 0.25) is 0 Å². The molecule has 0 rings (SSSR count). The molecule has 0 saturated carbocycles. The molecule has 0 N–H and O–H groups in total. The van der Waals surface area contributed by atoms with Crippen molar-refractivity contribution in [1.29, 1.82) is 0 Å². The quantitative estimate of drug-likeness (QED) is 0.0929. The van der Waals surface area contributed by atoms with Crippen LogP contribution in [0.3, 0.4) is 0 Å². The summed E-state index contributed by atoms with van der Waals surface area (Å²) < 4.78 is 16.7. The van der Waals surface area contributed by atoms with Crippen molar-refractivity contribution in [3.05, 3.63) is 0 Å². The lowest BCUT2D eigenvalue weighted by Gasteiger charge is -2.25. The summed E-state index contributed by atoms with van der Waals surface area (Å²) >= 11 is 0. The Bertz CT molecular complexity index is 374. The van der Waals surface area contributed by atoms with Crippen LogP contribution in [0.4, 0.5) is 0 Å². The molecule has 0 aromatic heterocycles. The van der Waals surface area contributed by atoms with Crippen molar-refractivity contribution in [3.8, 4) is 0 Å². The lowest BCUT2D eigenvalue weighted by Crippen LogP contribution is -3.00. The Kier molecular flexibility index (Phi) is 25.7. The molecule has 0 radical (unpaired) electrons. The van der Waals surface area contributed by atoms with Crippen LogP contribution in [0.15, 0.2) is 0 Å². The highest BCUT2D eigenvalue weighted by molar-refractivity contribution is 7.74. The normalized spacial score (nSPS) is 12.2. The summed E-state index contributed by atoms with van der Waals surface area (Å²) in [6.07, 6.45) is 27.1. The van der Waals surface area contributed by atoms with Gasteiger partial charge in [-0.25, -0.2) is 0 Å². The van der Waals surface area contributed by atoms with Gasteiger partial charge in [0.15, 0.2) is 0 Å². The molecule has 0 aliphatic rings. The van der Waals surface area contributed by atoms with E-state index in [1.165, 1.54) is 121 Å². The molecule has 196 valence electrons. The molecule has 0 unspecified atom stereocenters. The maximum Gasteiger partial charge on any atom is 0.500 e. The lowest BCUT2D eigenvalue weighted by atomic mass is 10.0. The maximum atomic E-state index is 5.55. The zero-order chi connectivity index (χ0) is 23.3. The van der Waals surface area contributed by atoms with Crippen molar-refractivity contribution < 1.29 is 25.7 Å². The Morgan fingerprint density at radius 3 is 1.16 bits per heavy atom. The van der Waals surface area contributed by atoms with Gasteiger partial charge in [0.25, 0.3) is 0 Å². The van der Waals surface area contributed by atoms with E-state index in [2.05, 4.69) is 20.3 Å². The maximum absolute atomic E-state index is 5.55. The van der Waals surface area contributed by atoms with Crippen LogP contribution in [0.2, 0.25) is 6.04 Å². The first-order valence-corrected chi connectivity index (χ1v) is 18.4. The summed E-state index contributed by atoms with van der Waals surface area (Å²) in [6, 6.07) is 0.943. The Morgan fingerprint density at radius 1 is 0.500 bits per heavy atom. The molecular weight excluding hydrogens is 455 g/mol. The minimum Gasteiger partial charge on any atom is -1.00 e. The second-order valence-electron chi connectivity index (χ2n) is 10.1. The summed E-state index contributed by atoms with van der Waals surface area (Å²) in [5, 5.41) is 0. The second kappa shape index (κ2) is 23.6. The molecule has 0 amide bonds. The molecule has 0 spiro atoms. The van der Waals surface area contributed by atoms with Gasteiger partial charge in [-0.05, 0) is 19.3 Å². The minimum atomic E-state index is -2.38. The van der Waals surface area contributed by atoms with Crippen LogP contribution >= 0.6 is 7.26 Å². The Labute approximate surface area is 210 Å². The monoisotopic (exact) mass is 512 g/mol. The fourth-order valence-corrected chi connectivity index (χ4v) is 8.82. The average Bonchev–Trinajstić information content (AvgIpc) is 2.76. The number of hydrogen-bond acceptors (Lipinski definition) is 3. The van der Waals surface area contributed by atoms with Crippen LogP contribution in [0.5, 0.6) is 0 Å². The largest absolute Gasteiger partial charge is 1.00 e. The van der Waals surface area contributed by atoms with Gasteiger partial charge in [0.1, 0.15) is 0 Å². The standard InChI is InChI=1S/C26H58O3PSi.ClH/c1-7-8-9-10-11-12-13-14-15-16-17-18-19-20-21-22-24-30(5,6)25-23-26-31(27-2,28-3)29-4;/h7-26H2,1-6H3;1H/q+1;/p-1. The molecule has 0 atom stereocenters. The fourth-order valence-electron chi connectivity index (χ4n) is 4.48.